The van der Waals surface area contributed by atoms with Gasteiger partial charge < -0.3 is 14.9 Å². The molecule has 2 amide bonds. The van der Waals surface area contributed by atoms with Gasteiger partial charge in [-0.1, -0.05) is 6.92 Å². The molecule has 0 aliphatic carbocycles. The van der Waals surface area contributed by atoms with Crippen molar-refractivity contribution >= 4 is 17.8 Å². The Labute approximate surface area is 113 Å². The number of likely N-dealkylation sites (tertiary alicyclic amines) is 1. The highest BCUT2D eigenvalue weighted by atomic mass is 16.4. The molecule has 1 heterocycles. The third-order valence-corrected chi connectivity index (χ3v) is 3.35. The number of aliphatic carboxylic acids is 1. The van der Waals surface area contributed by atoms with E-state index >= 15 is 0 Å². The van der Waals surface area contributed by atoms with Crippen LogP contribution in [0.3, 0.4) is 0 Å². The average Bonchev–Trinajstić information content (AvgIpc) is 2.37. The number of carbonyl (C=O) groups is 3. The van der Waals surface area contributed by atoms with Crippen LogP contribution in [-0.2, 0) is 14.4 Å². The van der Waals surface area contributed by atoms with Gasteiger partial charge in [0, 0.05) is 26.6 Å². The van der Waals surface area contributed by atoms with Crippen LogP contribution < -0.4 is 0 Å². The second-order valence-electron chi connectivity index (χ2n) is 4.96. The zero-order chi connectivity index (χ0) is 14.4. The Bertz CT molecular complexity index is 357. The van der Waals surface area contributed by atoms with Gasteiger partial charge in [-0.3, -0.25) is 14.4 Å². The molecule has 1 atom stereocenters. The molecule has 19 heavy (non-hydrogen) atoms. The van der Waals surface area contributed by atoms with E-state index in [1.54, 1.807) is 4.90 Å². The van der Waals surface area contributed by atoms with Crippen molar-refractivity contribution in [1.82, 2.24) is 9.80 Å². The Morgan fingerprint density at radius 2 is 2.05 bits per heavy atom. The Morgan fingerprint density at radius 3 is 2.58 bits per heavy atom. The van der Waals surface area contributed by atoms with E-state index in [9.17, 15) is 14.4 Å². The van der Waals surface area contributed by atoms with Gasteiger partial charge in [-0.2, -0.15) is 0 Å². The summed E-state index contributed by atoms with van der Waals surface area (Å²) < 4.78 is 0. The van der Waals surface area contributed by atoms with Crippen molar-refractivity contribution < 1.29 is 19.5 Å². The van der Waals surface area contributed by atoms with Crippen molar-refractivity contribution in [2.24, 2.45) is 5.92 Å². The van der Waals surface area contributed by atoms with Crippen LogP contribution in [0.1, 0.15) is 33.1 Å². The van der Waals surface area contributed by atoms with Gasteiger partial charge in [0.15, 0.2) is 0 Å². The summed E-state index contributed by atoms with van der Waals surface area (Å²) in [5.41, 5.74) is 0. The van der Waals surface area contributed by atoms with Crippen LogP contribution in [0.15, 0.2) is 0 Å². The summed E-state index contributed by atoms with van der Waals surface area (Å²) in [6.07, 6.45) is 2.24. The lowest BCUT2D eigenvalue weighted by atomic mass is 9.96. The molecule has 0 radical (unpaired) electrons. The number of carboxylic acid groups (broad SMARTS) is 1. The van der Waals surface area contributed by atoms with Crippen molar-refractivity contribution in [1.29, 1.82) is 0 Å². The second-order valence-corrected chi connectivity index (χ2v) is 4.96. The molecule has 1 aliphatic rings. The van der Waals surface area contributed by atoms with Gasteiger partial charge in [-0.25, -0.2) is 0 Å². The Kier molecular flexibility index (Phi) is 5.79. The average molecular weight is 270 g/mol. The summed E-state index contributed by atoms with van der Waals surface area (Å²) >= 11 is 0. The van der Waals surface area contributed by atoms with Gasteiger partial charge in [-0.05, 0) is 19.3 Å². The minimum absolute atomic E-state index is 0.0298. The first-order valence-electron chi connectivity index (χ1n) is 6.71. The fourth-order valence-electron chi connectivity index (χ4n) is 2.42. The molecule has 0 aromatic heterocycles. The predicted octanol–water partition coefficient (Wildman–Crippen LogP) is 0.568. The first-order valence-corrected chi connectivity index (χ1v) is 6.71. The van der Waals surface area contributed by atoms with E-state index in [1.165, 1.54) is 11.8 Å². The molecule has 1 fully saturated rings. The van der Waals surface area contributed by atoms with Crippen LogP contribution in [0.4, 0.5) is 0 Å². The SMILES string of the molecule is CCCN(CC(=O)O)C(=O)C1CCCN(C(C)=O)C1. The van der Waals surface area contributed by atoms with Crippen LogP contribution in [0, 0.1) is 5.92 Å². The number of piperidine rings is 1. The van der Waals surface area contributed by atoms with E-state index in [-0.39, 0.29) is 24.3 Å². The molecule has 1 unspecified atom stereocenters. The molecule has 1 aliphatic heterocycles. The maximum atomic E-state index is 12.3. The smallest absolute Gasteiger partial charge is 0.323 e. The quantitative estimate of drug-likeness (QED) is 0.792. The summed E-state index contributed by atoms with van der Waals surface area (Å²) in [5, 5.41) is 8.84. The monoisotopic (exact) mass is 270 g/mol. The van der Waals surface area contributed by atoms with Crippen molar-refractivity contribution in [2.45, 2.75) is 33.1 Å². The molecule has 1 N–H and O–H groups in total. The molecular formula is C13H22N2O4. The fourth-order valence-corrected chi connectivity index (χ4v) is 2.42. The molecule has 0 bridgehead atoms. The molecule has 0 spiro atoms. The molecule has 108 valence electrons. The number of hydrogen-bond acceptors (Lipinski definition) is 3. The first kappa shape index (κ1) is 15.5. The van der Waals surface area contributed by atoms with E-state index in [2.05, 4.69) is 0 Å². The lowest BCUT2D eigenvalue weighted by Crippen LogP contribution is -2.47. The third kappa shape index (κ3) is 4.54. The molecule has 0 aromatic carbocycles. The van der Waals surface area contributed by atoms with Gasteiger partial charge >= 0.3 is 5.97 Å². The summed E-state index contributed by atoms with van der Waals surface area (Å²) in [6.45, 7) is 4.68. The van der Waals surface area contributed by atoms with Gasteiger partial charge in [0.1, 0.15) is 6.54 Å². The highest BCUT2D eigenvalue weighted by Crippen LogP contribution is 2.19. The summed E-state index contributed by atoms with van der Waals surface area (Å²) in [6, 6.07) is 0. The zero-order valence-corrected chi connectivity index (χ0v) is 11.6. The van der Waals surface area contributed by atoms with Gasteiger partial charge in [-0.15, -0.1) is 0 Å². The van der Waals surface area contributed by atoms with Crippen LogP contribution in [0.5, 0.6) is 0 Å². The number of carbonyl (C=O) groups excluding carboxylic acids is 2. The van der Waals surface area contributed by atoms with Crippen molar-refractivity contribution in [3.8, 4) is 0 Å². The molecular weight excluding hydrogens is 248 g/mol. The van der Waals surface area contributed by atoms with Crippen molar-refractivity contribution in [2.75, 3.05) is 26.2 Å². The van der Waals surface area contributed by atoms with E-state index in [4.69, 9.17) is 5.11 Å². The largest absolute Gasteiger partial charge is 0.480 e. The van der Waals surface area contributed by atoms with E-state index in [0.717, 1.165) is 19.3 Å². The van der Waals surface area contributed by atoms with Gasteiger partial charge in [0.05, 0.1) is 5.92 Å². The van der Waals surface area contributed by atoms with Crippen LogP contribution in [0.25, 0.3) is 0 Å². The first-order chi connectivity index (χ1) is 8.95. The molecule has 1 saturated heterocycles. The minimum Gasteiger partial charge on any atom is -0.480 e. The van der Waals surface area contributed by atoms with Crippen molar-refractivity contribution in [3.05, 3.63) is 0 Å². The summed E-state index contributed by atoms with van der Waals surface area (Å²) in [4.78, 5) is 37.5. The zero-order valence-electron chi connectivity index (χ0n) is 11.6. The lowest BCUT2D eigenvalue weighted by molar-refractivity contribution is -0.148. The van der Waals surface area contributed by atoms with Gasteiger partial charge in [0.2, 0.25) is 11.8 Å². The Balaban J connectivity index is 2.67. The normalized spacial score (nSPS) is 19.1. The van der Waals surface area contributed by atoms with E-state index < -0.39 is 5.97 Å². The molecule has 0 aromatic rings. The number of hydrogen-bond donors (Lipinski definition) is 1. The minimum atomic E-state index is -0.999. The number of nitrogens with zero attached hydrogens (tertiary/aromatic N) is 2. The Morgan fingerprint density at radius 1 is 1.37 bits per heavy atom. The maximum absolute atomic E-state index is 12.3. The maximum Gasteiger partial charge on any atom is 0.323 e. The van der Waals surface area contributed by atoms with Gasteiger partial charge in [0.25, 0.3) is 0 Å². The second kappa shape index (κ2) is 7.11. The van der Waals surface area contributed by atoms with Crippen molar-refractivity contribution in [3.63, 3.8) is 0 Å². The lowest BCUT2D eigenvalue weighted by Gasteiger charge is -2.34. The highest BCUT2D eigenvalue weighted by molar-refractivity contribution is 5.84. The van der Waals surface area contributed by atoms with Crippen LogP contribution >= 0.6 is 0 Å². The van der Waals surface area contributed by atoms with E-state index in [0.29, 0.717) is 19.6 Å². The van der Waals surface area contributed by atoms with Crippen LogP contribution in [0.2, 0.25) is 0 Å². The molecule has 1 rings (SSSR count). The molecule has 6 nitrogen and oxygen atoms in total. The van der Waals surface area contributed by atoms with E-state index in [1.807, 2.05) is 6.92 Å². The number of rotatable bonds is 5. The topological polar surface area (TPSA) is 77.9 Å². The molecule has 6 heteroatoms. The Hall–Kier alpha value is -1.59. The predicted molar refractivity (Wildman–Crippen MR) is 69.5 cm³/mol. The fraction of sp³-hybridized carbons (Fsp3) is 0.769. The molecule has 0 saturated carbocycles. The standard InChI is InChI=1S/C13H22N2O4/c1-3-6-15(9-12(17)18)13(19)11-5-4-7-14(8-11)10(2)16/h11H,3-9H2,1-2H3,(H,17,18). The summed E-state index contributed by atoms with van der Waals surface area (Å²) in [5.74, 6) is -1.43. The summed E-state index contributed by atoms with van der Waals surface area (Å²) in [7, 11) is 0. The third-order valence-electron chi connectivity index (χ3n) is 3.35. The van der Waals surface area contributed by atoms with Crippen LogP contribution in [-0.4, -0.2) is 58.9 Å². The number of amides is 2. The highest BCUT2D eigenvalue weighted by Gasteiger charge is 2.30. The number of carboxylic acids is 1.